The second-order valence-corrected chi connectivity index (χ2v) is 4.07. The zero-order chi connectivity index (χ0) is 12.4. The molecule has 17 heavy (non-hydrogen) atoms. The topological polar surface area (TPSA) is 43.8 Å². The van der Waals surface area contributed by atoms with Crippen LogP contribution in [0.4, 0.5) is 10.1 Å². The molecule has 1 aromatic heterocycles. The van der Waals surface area contributed by atoms with E-state index in [2.05, 4.69) is 12.0 Å². The number of hydrogen-bond acceptors (Lipinski definition) is 2. The maximum atomic E-state index is 13.4. The third-order valence-electron chi connectivity index (χ3n) is 2.88. The summed E-state index contributed by atoms with van der Waals surface area (Å²) in [7, 11) is 0. The van der Waals surface area contributed by atoms with Gasteiger partial charge in [-0.15, -0.1) is 0 Å². The van der Waals surface area contributed by atoms with Crippen LogP contribution in [-0.4, -0.2) is 9.78 Å². The molecule has 1 heterocycles. The fraction of sp³-hybridized carbons (Fsp3) is 0.308. The van der Waals surface area contributed by atoms with Crippen LogP contribution in [0.25, 0.3) is 11.1 Å². The minimum atomic E-state index is -0.384. The number of nitrogens with two attached hydrogens (primary N) is 1. The Kier molecular flexibility index (Phi) is 3.13. The number of nitrogen functional groups attached to an aromatic ring is 1. The molecule has 0 amide bonds. The van der Waals surface area contributed by atoms with Gasteiger partial charge in [0.2, 0.25) is 0 Å². The van der Waals surface area contributed by atoms with Gasteiger partial charge in [0.15, 0.2) is 0 Å². The van der Waals surface area contributed by atoms with Gasteiger partial charge in [-0.1, -0.05) is 19.1 Å². The lowest BCUT2D eigenvalue weighted by Crippen LogP contribution is -2.01. The summed E-state index contributed by atoms with van der Waals surface area (Å²) in [5, 5.41) is 4.29. The lowest BCUT2D eigenvalue weighted by Gasteiger charge is -2.07. The van der Waals surface area contributed by atoms with E-state index in [-0.39, 0.29) is 11.5 Å². The van der Waals surface area contributed by atoms with E-state index < -0.39 is 0 Å². The number of hydrogen-bond donors (Lipinski definition) is 1. The van der Waals surface area contributed by atoms with Crippen LogP contribution in [0.2, 0.25) is 0 Å². The van der Waals surface area contributed by atoms with Gasteiger partial charge >= 0.3 is 0 Å². The van der Waals surface area contributed by atoms with Crippen LogP contribution < -0.4 is 5.73 Å². The minimum absolute atomic E-state index is 0.187. The number of nitrogens with zero attached hydrogens (tertiary/aromatic N) is 2. The number of aromatic nitrogens is 2. The molecule has 2 N–H and O–H groups in total. The monoisotopic (exact) mass is 233 g/mol. The Hall–Kier alpha value is -1.84. The third-order valence-corrected chi connectivity index (χ3v) is 2.88. The first-order valence-electron chi connectivity index (χ1n) is 5.72. The first-order chi connectivity index (χ1) is 8.15. The van der Waals surface area contributed by atoms with Gasteiger partial charge in [-0.05, 0) is 19.4 Å². The highest BCUT2D eigenvalue weighted by atomic mass is 19.1. The van der Waals surface area contributed by atoms with Crippen molar-refractivity contribution in [2.75, 3.05) is 5.73 Å². The van der Waals surface area contributed by atoms with Crippen LogP contribution in [0, 0.1) is 12.7 Å². The zero-order valence-electron chi connectivity index (χ0n) is 10.1. The molecule has 3 nitrogen and oxygen atoms in total. The van der Waals surface area contributed by atoms with E-state index in [0.29, 0.717) is 5.56 Å². The summed E-state index contributed by atoms with van der Waals surface area (Å²) in [5.41, 5.74) is 8.57. The summed E-state index contributed by atoms with van der Waals surface area (Å²) in [6, 6.07) is 4.85. The van der Waals surface area contributed by atoms with Crippen molar-refractivity contribution in [1.82, 2.24) is 9.78 Å². The lowest BCUT2D eigenvalue weighted by molar-refractivity contribution is 0.587. The van der Waals surface area contributed by atoms with E-state index >= 15 is 0 Å². The van der Waals surface area contributed by atoms with E-state index in [1.54, 1.807) is 12.3 Å². The van der Waals surface area contributed by atoms with E-state index in [9.17, 15) is 4.39 Å². The van der Waals surface area contributed by atoms with E-state index in [0.717, 1.165) is 24.2 Å². The second kappa shape index (κ2) is 4.57. The number of aryl methyl sites for hydroxylation is 1. The molecule has 0 saturated heterocycles. The predicted molar refractivity (Wildman–Crippen MR) is 67.1 cm³/mol. The van der Waals surface area contributed by atoms with Gasteiger partial charge in [-0.3, -0.25) is 4.68 Å². The molecule has 0 atom stereocenters. The zero-order valence-corrected chi connectivity index (χ0v) is 10.1. The number of para-hydroxylation sites is 1. The number of rotatable bonds is 3. The molecule has 0 spiro atoms. The lowest BCUT2D eigenvalue weighted by atomic mass is 10.0. The molecule has 90 valence electrons. The van der Waals surface area contributed by atoms with E-state index in [1.165, 1.54) is 6.07 Å². The van der Waals surface area contributed by atoms with Crippen LogP contribution in [-0.2, 0) is 6.54 Å². The molecule has 2 rings (SSSR count). The van der Waals surface area contributed by atoms with Crippen molar-refractivity contribution in [3.05, 3.63) is 35.9 Å². The summed E-state index contributed by atoms with van der Waals surface area (Å²) in [6.07, 6.45) is 2.76. The van der Waals surface area contributed by atoms with Gasteiger partial charge in [0.05, 0.1) is 11.9 Å². The number of halogens is 1. The summed E-state index contributed by atoms with van der Waals surface area (Å²) < 4.78 is 15.3. The van der Waals surface area contributed by atoms with E-state index in [1.807, 2.05) is 17.7 Å². The second-order valence-electron chi connectivity index (χ2n) is 4.07. The maximum absolute atomic E-state index is 13.4. The number of benzene rings is 1. The van der Waals surface area contributed by atoms with Gasteiger partial charge in [0.25, 0.3) is 0 Å². The van der Waals surface area contributed by atoms with E-state index in [4.69, 9.17) is 5.73 Å². The summed E-state index contributed by atoms with van der Waals surface area (Å²) >= 11 is 0. The largest absolute Gasteiger partial charge is 0.396 e. The van der Waals surface area contributed by atoms with Crippen LogP contribution in [0.15, 0.2) is 24.4 Å². The van der Waals surface area contributed by atoms with Crippen molar-refractivity contribution in [3.63, 3.8) is 0 Å². The molecule has 0 unspecified atom stereocenters. The normalized spacial score (nSPS) is 10.8. The van der Waals surface area contributed by atoms with Crippen molar-refractivity contribution in [1.29, 1.82) is 0 Å². The summed E-state index contributed by atoms with van der Waals surface area (Å²) in [4.78, 5) is 0. The van der Waals surface area contributed by atoms with Crippen LogP contribution in [0.5, 0.6) is 0 Å². The maximum Gasteiger partial charge on any atom is 0.146 e. The standard InChI is InChI=1S/C13H16FN3/c1-3-7-17-9(2)11(8-16-17)10-5-4-6-12(14)13(10)15/h4-6,8H,3,7,15H2,1-2H3. The number of anilines is 1. The highest BCUT2D eigenvalue weighted by molar-refractivity contribution is 5.77. The predicted octanol–water partition coefficient (Wildman–Crippen LogP) is 2.99. The Labute approximate surface area is 100 Å². The van der Waals surface area contributed by atoms with Crippen LogP contribution >= 0.6 is 0 Å². The van der Waals surface area contributed by atoms with Gasteiger partial charge in [-0.25, -0.2) is 4.39 Å². The molecule has 0 aliphatic heterocycles. The molecule has 0 aliphatic rings. The molecule has 1 aromatic carbocycles. The summed E-state index contributed by atoms with van der Waals surface area (Å²) in [6.45, 7) is 4.93. The van der Waals surface area contributed by atoms with Crippen molar-refractivity contribution < 1.29 is 4.39 Å². The molecular weight excluding hydrogens is 217 g/mol. The minimum Gasteiger partial charge on any atom is -0.396 e. The van der Waals surface area contributed by atoms with Gasteiger partial charge in [0, 0.05) is 23.4 Å². The van der Waals surface area contributed by atoms with Crippen molar-refractivity contribution >= 4 is 5.69 Å². The van der Waals surface area contributed by atoms with Crippen molar-refractivity contribution in [2.24, 2.45) is 0 Å². The van der Waals surface area contributed by atoms with Crippen LogP contribution in [0.1, 0.15) is 19.0 Å². The Balaban J connectivity index is 2.50. The summed E-state index contributed by atoms with van der Waals surface area (Å²) in [5.74, 6) is -0.384. The average molecular weight is 233 g/mol. The van der Waals surface area contributed by atoms with Crippen molar-refractivity contribution in [2.45, 2.75) is 26.8 Å². The molecule has 0 fully saturated rings. The Morgan fingerprint density at radius 3 is 2.82 bits per heavy atom. The third kappa shape index (κ3) is 2.02. The van der Waals surface area contributed by atoms with Crippen molar-refractivity contribution in [3.8, 4) is 11.1 Å². The molecule has 0 bridgehead atoms. The Morgan fingerprint density at radius 2 is 2.12 bits per heavy atom. The smallest absolute Gasteiger partial charge is 0.146 e. The molecule has 0 saturated carbocycles. The SMILES string of the molecule is CCCn1ncc(-c2cccc(F)c2N)c1C. The Morgan fingerprint density at radius 1 is 1.35 bits per heavy atom. The van der Waals surface area contributed by atoms with Gasteiger partial charge in [0.1, 0.15) is 5.82 Å². The Bertz CT molecular complexity index is 531. The highest BCUT2D eigenvalue weighted by Gasteiger charge is 2.12. The quantitative estimate of drug-likeness (QED) is 0.828. The molecule has 0 aliphatic carbocycles. The highest BCUT2D eigenvalue weighted by Crippen LogP contribution is 2.30. The first-order valence-corrected chi connectivity index (χ1v) is 5.72. The molecule has 4 heteroatoms. The van der Waals surface area contributed by atoms with Crippen LogP contribution in [0.3, 0.4) is 0 Å². The molecule has 0 radical (unpaired) electrons. The van der Waals surface area contributed by atoms with Gasteiger partial charge in [-0.2, -0.15) is 5.10 Å². The first kappa shape index (κ1) is 11.6. The molecule has 2 aromatic rings. The fourth-order valence-electron chi connectivity index (χ4n) is 1.92. The average Bonchev–Trinajstić information content (AvgIpc) is 2.66. The molecular formula is C13H16FN3. The fourth-order valence-corrected chi connectivity index (χ4v) is 1.92. The van der Waals surface area contributed by atoms with Gasteiger partial charge < -0.3 is 5.73 Å².